The van der Waals surface area contributed by atoms with Gasteiger partial charge in [-0.25, -0.2) is 0 Å². The number of carbonyl (C=O) groups is 1. The van der Waals surface area contributed by atoms with E-state index in [9.17, 15) is 9.90 Å². The van der Waals surface area contributed by atoms with Crippen molar-refractivity contribution in [2.45, 2.75) is 18.9 Å². The highest BCUT2D eigenvalue weighted by molar-refractivity contribution is 6.36. The molecule has 0 spiro atoms. The molecule has 1 heterocycles. The molecule has 0 bridgehead atoms. The highest BCUT2D eigenvalue weighted by atomic mass is 35.5. The zero-order valence-corrected chi connectivity index (χ0v) is 10.7. The zero-order chi connectivity index (χ0) is 12.4. The molecule has 5 heteroatoms. The van der Waals surface area contributed by atoms with Gasteiger partial charge in [-0.15, -0.1) is 0 Å². The molecule has 1 atom stereocenters. The first-order valence-corrected chi connectivity index (χ1v) is 6.26. The minimum Gasteiger partial charge on any atom is -0.391 e. The number of halogens is 2. The smallest absolute Gasteiger partial charge is 0.255 e. The van der Waals surface area contributed by atoms with Crippen molar-refractivity contribution in [3.05, 3.63) is 33.8 Å². The molecule has 1 aliphatic heterocycles. The van der Waals surface area contributed by atoms with Gasteiger partial charge in [0.2, 0.25) is 0 Å². The van der Waals surface area contributed by atoms with Crippen LogP contribution in [0.25, 0.3) is 0 Å². The Kier molecular flexibility index (Phi) is 3.92. The number of nitrogens with zero attached hydrogens (tertiary/aromatic N) is 1. The summed E-state index contributed by atoms with van der Waals surface area (Å²) in [6.07, 6.45) is 1.13. The fraction of sp³-hybridized carbons (Fsp3) is 0.417. The fourth-order valence-corrected chi connectivity index (χ4v) is 2.46. The van der Waals surface area contributed by atoms with Gasteiger partial charge in [-0.1, -0.05) is 23.2 Å². The molecule has 1 amide bonds. The number of likely N-dealkylation sites (tertiary alicyclic amines) is 1. The van der Waals surface area contributed by atoms with Gasteiger partial charge >= 0.3 is 0 Å². The number of benzene rings is 1. The summed E-state index contributed by atoms with van der Waals surface area (Å²) in [5.41, 5.74) is 0.435. The first-order valence-electron chi connectivity index (χ1n) is 5.50. The van der Waals surface area contributed by atoms with Crippen LogP contribution in [0.2, 0.25) is 10.0 Å². The molecule has 0 unspecified atom stereocenters. The summed E-state index contributed by atoms with van der Waals surface area (Å²) in [6, 6.07) is 4.81. The number of β-amino-alcohol motifs (C(OH)–C–C–N with tert-alkyl or cyclic N) is 1. The average molecular weight is 274 g/mol. The van der Waals surface area contributed by atoms with Gasteiger partial charge in [0.25, 0.3) is 5.91 Å². The van der Waals surface area contributed by atoms with Crippen LogP contribution >= 0.6 is 23.2 Å². The van der Waals surface area contributed by atoms with E-state index in [0.29, 0.717) is 28.7 Å². The monoisotopic (exact) mass is 273 g/mol. The van der Waals surface area contributed by atoms with Gasteiger partial charge in [0.1, 0.15) is 0 Å². The van der Waals surface area contributed by atoms with Gasteiger partial charge < -0.3 is 10.0 Å². The summed E-state index contributed by atoms with van der Waals surface area (Å²) in [7, 11) is 0. The summed E-state index contributed by atoms with van der Waals surface area (Å²) in [4.78, 5) is 13.8. The number of aliphatic hydroxyl groups excluding tert-OH is 1. The lowest BCUT2D eigenvalue weighted by atomic mass is 10.1. The van der Waals surface area contributed by atoms with E-state index >= 15 is 0 Å². The van der Waals surface area contributed by atoms with E-state index in [2.05, 4.69) is 0 Å². The van der Waals surface area contributed by atoms with Crippen molar-refractivity contribution < 1.29 is 9.90 Å². The zero-order valence-electron chi connectivity index (χ0n) is 9.20. The van der Waals surface area contributed by atoms with Gasteiger partial charge in [0.05, 0.1) is 16.7 Å². The van der Waals surface area contributed by atoms with Gasteiger partial charge in [-0.05, 0) is 31.0 Å². The van der Waals surface area contributed by atoms with Crippen molar-refractivity contribution in [2.24, 2.45) is 0 Å². The Hall–Kier alpha value is -0.770. The standard InChI is InChI=1S/C12H13Cl2NO2/c13-8-3-4-10(11(14)6-8)12(17)15-5-1-2-9(16)7-15/h3-4,6,9,16H,1-2,5,7H2/t9-/m1/s1. The van der Waals surface area contributed by atoms with E-state index in [1.54, 1.807) is 23.1 Å². The Morgan fingerprint density at radius 1 is 1.41 bits per heavy atom. The van der Waals surface area contributed by atoms with Crippen LogP contribution in [0.5, 0.6) is 0 Å². The molecule has 92 valence electrons. The molecule has 1 saturated heterocycles. The number of hydrogen-bond acceptors (Lipinski definition) is 2. The molecular weight excluding hydrogens is 261 g/mol. The SMILES string of the molecule is O=C(c1ccc(Cl)cc1Cl)N1CCC[C@@H](O)C1. The molecule has 2 rings (SSSR count). The molecule has 0 aromatic heterocycles. The first-order chi connectivity index (χ1) is 8.08. The summed E-state index contributed by atoms with van der Waals surface area (Å²) in [5, 5.41) is 10.4. The number of rotatable bonds is 1. The summed E-state index contributed by atoms with van der Waals surface area (Å²) in [5.74, 6) is -0.148. The summed E-state index contributed by atoms with van der Waals surface area (Å²) < 4.78 is 0. The van der Waals surface area contributed by atoms with Crippen LogP contribution in [0.1, 0.15) is 23.2 Å². The summed E-state index contributed by atoms with van der Waals surface area (Å²) >= 11 is 11.8. The number of hydrogen-bond donors (Lipinski definition) is 1. The Morgan fingerprint density at radius 2 is 2.18 bits per heavy atom. The van der Waals surface area contributed by atoms with E-state index in [-0.39, 0.29) is 5.91 Å². The minimum absolute atomic E-state index is 0.148. The molecule has 1 N–H and O–H groups in total. The molecule has 3 nitrogen and oxygen atoms in total. The molecule has 1 aliphatic rings. The maximum atomic E-state index is 12.2. The van der Waals surface area contributed by atoms with Crippen LogP contribution in [0.15, 0.2) is 18.2 Å². The van der Waals surface area contributed by atoms with Crippen molar-refractivity contribution in [2.75, 3.05) is 13.1 Å². The largest absolute Gasteiger partial charge is 0.391 e. The Labute approximate surface area is 110 Å². The van der Waals surface area contributed by atoms with Crippen molar-refractivity contribution in [1.82, 2.24) is 4.90 Å². The second-order valence-corrected chi connectivity index (χ2v) is 5.02. The normalized spacial score (nSPS) is 20.4. The predicted molar refractivity (Wildman–Crippen MR) is 67.6 cm³/mol. The van der Waals surface area contributed by atoms with Crippen LogP contribution in [-0.4, -0.2) is 35.1 Å². The van der Waals surface area contributed by atoms with Gasteiger partial charge in [0.15, 0.2) is 0 Å². The van der Waals surface area contributed by atoms with E-state index in [0.717, 1.165) is 12.8 Å². The molecule has 1 aromatic rings. The third kappa shape index (κ3) is 2.92. The third-order valence-electron chi connectivity index (χ3n) is 2.85. The quantitative estimate of drug-likeness (QED) is 0.855. The molecule has 0 aliphatic carbocycles. The third-order valence-corrected chi connectivity index (χ3v) is 3.39. The lowest BCUT2D eigenvalue weighted by molar-refractivity contribution is 0.0474. The number of carbonyl (C=O) groups excluding carboxylic acids is 1. The van der Waals surface area contributed by atoms with Gasteiger partial charge in [0, 0.05) is 18.1 Å². The van der Waals surface area contributed by atoms with Crippen LogP contribution < -0.4 is 0 Å². The molecule has 17 heavy (non-hydrogen) atoms. The second-order valence-electron chi connectivity index (χ2n) is 4.17. The highest BCUT2D eigenvalue weighted by Crippen LogP contribution is 2.23. The molecule has 1 aromatic carbocycles. The topological polar surface area (TPSA) is 40.5 Å². The maximum absolute atomic E-state index is 12.2. The second kappa shape index (κ2) is 5.25. The average Bonchev–Trinajstić information content (AvgIpc) is 2.28. The molecule has 0 saturated carbocycles. The Morgan fingerprint density at radius 3 is 2.82 bits per heavy atom. The highest BCUT2D eigenvalue weighted by Gasteiger charge is 2.24. The van der Waals surface area contributed by atoms with Crippen LogP contribution in [0.3, 0.4) is 0 Å². The van der Waals surface area contributed by atoms with Crippen LogP contribution in [0.4, 0.5) is 0 Å². The van der Waals surface area contributed by atoms with Crippen molar-refractivity contribution in [3.8, 4) is 0 Å². The van der Waals surface area contributed by atoms with E-state index in [4.69, 9.17) is 23.2 Å². The van der Waals surface area contributed by atoms with E-state index in [1.165, 1.54) is 0 Å². The lowest BCUT2D eigenvalue weighted by Gasteiger charge is -2.30. The Balaban J connectivity index is 2.18. The lowest BCUT2D eigenvalue weighted by Crippen LogP contribution is -2.42. The molecule has 1 fully saturated rings. The van der Waals surface area contributed by atoms with E-state index in [1.807, 2.05) is 0 Å². The fourth-order valence-electron chi connectivity index (χ4n) is 1.97. The number of piperidine rings is 1. The number of aliphatic hydroxyl groups is 1. The minimum atomic E-state index is -0.432. The van der Waals surface area contributed by atoms with Crippen LogP contribution in [-0.2, 0) is 0 Å². The number of amides is 1. The van der Waals surface area contributed by atoms with Crippen molar-refractivity contribution >= 4 is 29.1 Å². The predicted octanol–water partition coefficient (Wildman–Crippen LogP) is 2.59. The molecule has 0 radical (unpaired) electrons. The molecular formula is C12H13Cl2NO2. The Bertz CT molecular complexity index is 437. The van der Waals surface area contributed by atoms with E-state index < -0.39 is 6.10 Å². The first kappa shape index (κ1) is 12.7. The van der Waals surface area contributed by atoms with Gasteiger partial charge in [-0.3, -0.25) is 4.79 Å². The van der Waals surface area contributed by atoms with Crippen molar-refractivity contribution in [1.29, 1.82) is 0 Å². The van der Waals surface area contributed by atoms with Crippen molar-refractivity contribution in [3.63, 3.8) is 0 Å². The van der Waals surface area contributed by atoms with Gasteiger partial charge in [-0.2, -0.15) is 0 Å². The maximum Gasteiger partial charge on any atom is 0.255 e. The van der Waals surface area contributed by atoms with Crippen LogP contribution in [0, 0.1) is 0 Å². The summed E-state index contributed by atoms with van der Waals surface area (Å²) in [6.45, 7) is 1.03.